The first kappa shape index (κ1) is 10.7. The van der Waals surface area contributed by atoms with Gasteiger partial charge in [-0.2, -0.15) is 0 Å². The van der Waals surface area contributed by atoms with E-state index < -0.39 is 0 Å². The average Bonchev–Trinajstić information content (AvgIpc) is 2.15. The molecular formula is C9H9BrClNO. The van der Waals surface area contributed by atoms with E-state index in [0.29, 0.717) is 10.7 Å². The SMILES string of the molecule is CC[C@H](Br)C(=O)c1ccnc(Cl)c1. The molecule has 1 atom stereocenters. The minimum atomic E-state index is -0.133. The van der Waals surface area contributed by atoms with Crippen LogP contribution < -0.4 is 0 Å². The minimum absolute atomic E-state index is 0.0480. The van der Waals surface area contributed by atoms with Crippen molar-refractivity contribution in [3.8, 4) is 0 Å². The smallest absolute Gasteiger partial charge is 0.176 e. The van der Waals surface area contributed by atoms with Crippen molar-refractivity contribution in [3.63, 3.8) is 0 Å². The van der Waals surface area contributed by atoms with Gasteiger partial charge in [0.05, 0.1) is 4.83 Å². The number of rotatable bonds is 3. The zero-order valence-corrected chi connectivity index (χ0v) is 9.47. The maximum Gasteiger partial charge on any atom is 0.176 e. The van der Waals surface area contributed by atoms with E-state index in [9.17, 15) is 4.79 Å². The van der Waals surface area contributed by atoms with Gasteiger partial charge in [0.15, 0.2) is 5.78 Å². The Morgan fingerprint density at radius 3 is 3.00 bits per heavy atom. The number of carbonyl (C=O) groups excluding carboxylic acids is 1. The monoisotopic (exact) mass is 261 g/mol. The van der Waals surface area contributed by atoms with Crippen LogP contribution in [-0.4, -0.2) is 15.6 Å². The second-order valence-electron chi connectivity index (χ2n) is 2.61. The zero-order chi connectivity index (χ0) is 9.84. The van der Waals surface area contributed by atoms with Crippen molar-refractivity contribution >= 4 is 33.3 Å². The first-order valence-corrected chi connectivity index (χ1v) is 5.24. The highest BCUT2D eigenvalue weighted by atomic mass is 79.9. The Labute approximate surface area is 90.4 Å². The van der Waals surface area contributed by atoms with E-state index in [1.165, 1.54) is 6.20 Å². The van der Waals surface area contributed by atoms with Crippen LogP contribution >= 0.6 is 27.5 Å². The summed E-state index contributed by atoms with van der Waals surface area (Å²) in [5.74, 6) is 0.0480. The van der Waals surface area contributed by atoms with Crippen LogP contribution in [0, 0.1) is 0 Å². The largest absolute Gasteiger partial charge is 0.293 e. The summed E-state index contributed by atoms with van der Waals surface area (Å²) in [7, 11) is 0. The summed E-state index contributed by atoms with van der Waals surface area (Å²) in [5.41, 5.74) is 0.601. The van der Waals surface area contributed by atoms with E-state index in [2.05, 4.69) is 20.9 Å². The van der Waals surface area contributed by atoms with Gasteiger partial charge in [-0.25, -0.2) is 4.98 Å². The van der Waals surface area contributed by atoms with Gasteiger partial charge in [0.25, 0.3) is 0 Å². The fourth-order valence-electron chi connectivity index (χ4n) is 0.922. The van der Waals surface area contributed by atoms with Crippen molar-refractivity contribution in [2.24, 2.45) is 0 Å². The lowest BCUT2D eigenvalue weighted by Crippen LogP contribution is -2.12. The van der Waals surface area contributed by atoms with Crippen molar-refractivity contribution in [2.45, 2.75) is 18.2 Å². The lowest BCUT2D eigenvalue weighted by Gasteiger charge is -2.04. The lowest BCUT2D eigenvalue weighted by molar-refractivity contribution is 0.0990. The summed E-state index contributed by atoms with van der Waals surface area (Å²) < 4.78 is 0. The minimum Gasteiger partial charge on any atom is -0.293 e. The van der Waals surface area contributed by atoms with Crippen molar-refractivity contribution < 1.29 is 4.79 Å². The highest BCUT2D eigenvalue weighted by Crippen LogP contribution is 2.15. The molecule has 1 aromatic rings. The third-order valence-electron chi connectivity index (χ3n) is 1.65. The number of alkyl halides is 1. The van der Waals surface area contributed by atoms with Gasteiger partial charge in [-0.05, 0) is 18.6 Å². The number of hydrogen-bond acceptors (Lipinski definition) is 2. The number of carbonyl (C=O) groups is 1. The molecule has 0 aromatic carbocycles. The molecule has 0 aliphatic rings. The van der Waals surface area contributed by atoms with E-state index in [4.69, 9.17) is 11.6 Å². The van der Waals surface area contributed by atoms with Gasteiger partial charge in [0.1, 0.15) is 5.15 Å². The van der Waals surface area contributed by atoms with Crippen molar-refractivity contribution in [1.82, 2.24) is 4.98 Å². The normalized spacial score (nSPS) is 12.5. The van der Waals surface area contributed by atoms with Gasteiger partial charge < -0.3 is 0 Å². The molecule has 1 aromatic heterocycles. The van der Waals surface area contributed by atoms with Crippen LogP contribution in [-0.2, 0) is 0 Å². The third-order valence-corrected chi connectivity index (χ3v) is 2.92. The molecule has 0 unspecified atom stereocenters. The van der Waals surface area contributed by atoms with Gasteiger partial charge in [-0.15, -0.1) is 0 Å². The Kier molecular flexibility index (Phi) is 3.88. The summed E-state index contributed by atoms with van der Waals surface area (Å²) in [4.78, 5) is 15.3. The number of halogens is 2. The Balaban J connectivity index is 2.89. The van der Waals surface area contributed by atoms with Crippen LogP contribution in [0.5, 0.6) is 0 Å². The van der Waals surface area contributed by atoms with Crippen molar-refractivity contribution in [2.75, 3.05) is 0 Å². The Hall–Kier alpha value is -0.410. The van der Waals surface area contributed by atoms with Crippen LogP contribution in [0.4, 0.5) is 0 Å². The molecule has 0 aliphatic heterocycles. The van der Waals surface area contributed by atoms with E-state index in [1.54, 1.807) is 12.1 Å². The number of nitrogens with zero attached hydrogens (tertiary/aromatic N) is 1. The number of ketones is 1. The first-order valence-electron chi connectivity index (χ1n) is 3.95. The maximum absolute atomic E-state index is 11.6. The summed E-state index contributed by atoms with van der Waals surface area (Å²) in [6, 6.07) is 3.24. The molecule has 0 amide bonds. The van der Waals surface area contributed by atoms with Crippen LogP contribution in [0.2, 0.25) is 5.15 Å². The van der Waals surface area contributed by atoms with Gasteiger partial charge in [-0.1, -0.05) is 34.5 Å². The number of hydrogen-bond donors (Lipinski definition) is 0. The second-order valence-corrected chi connectivity index (χ2v) is 4.10. The molecule has 1 heterocycles. The Bertz CT molecular complexity index is 316. The Morgan fingerprint density at radius 2 is 2.46 bits per heavy atom. The van der Waals surface area contributed by atoms with E-state index in [1.807, 2.05) is 6.92 Å². The first-order chi connectivity index (χ1) is 6.15. The Morgan fingerprint density at radius 1 is 1.77 bits per heavy atom. The van der Waals surface area contributed by atoms with Crippen molar-refractivity contribution in [3.05, 3.63) is 29.0 Å². The molecule has 1 rings (SSSR count). The van der Waals surface area contributed by atoms with Crippen LogP contribution in [0.25, 0.3) is 0 Å². The summed E-state index contributed by atoms with van der Waals surface area (Å²) in [5, 5.41) is 0.349. The molecule has 0 bridgehead atoms. The molecule has 70 valence electrons. The molecule has 0 saturated carbocycles. The van der Waals surface area contributed by atoms with Gasteiger partial charge in [0.2, 0.25) is 0 Å². The fourth-order valence-corrected chi connectivity index (χ4v) is 1.36. The molecule has 13 heavy (non-hydrogen) atoms. The second kappa shape index (κ2) is 4.72. The van der Waals surface area contributed by atoms with Gasteiger partial charge in [-0.3, -0.25) is 4.79 Å². The van der Waals surface area contributed by atoms with Crippen LogP contribution in [0.15, 0.2) is 18.3 Å². The number of aromatic nitrogens is 1. The van der Waals surface area contributed by atoms with Crippen LogP contribution in [0.3, 0.4) is 0 Å². The van der Waals surface area contributed by atoms with Gasteiger partial charge in [0, 0.05) is 11.8 Å². The third kappa shape index (κ3) is 2.78. The summed E-state index contributed by atoms with van der Waals surface area (Å²) in [6.45, 7) is 1.94. The summed E-state index contributed by atoms with van der Waals surface area (Å²) in [6.07, 6.45) is 2.30. The van der Waals surface area contributed by atoms with E-state index in [-0.39, 0.29) is 10.6 Å². The topological polar surface area (TPSA) is 30.0 Å². The number of pyridine rings is 1. The van der Waals surface area contributed by atoms with E-state index in [0.717, 1.165) is 6.42 Å². The average molecular weight is 263 g/mol. The molecule has 0 radical (unpaired) electrons. The number of Topliss-reactive ketones (excluding diaryl/α,β-unsaturated/α-hetero) is 1. The fraction of sp³-hybridized carbons (Fsp3) is 0.333. The molecular weight excluding hydrogens is 253 g/mol. The molecule has 0 spiro atoms. The standard InChI is InChI=1S/C9H9BrClNO/c1-2-7(10)9(13)6-3-4-12-8(11)5-6/h3-5,7H,2H2,1H3/t7-/m0/s1. The molecule has 0 aliphatic carbocycles. The molecule has 2 nitrogen and oxygen atoms in total. The zero-order valence-electron chi connectivity index (χ0n) is 7.13. The molecule has 4 heteroatoms. The predicted molar refractivity (Wildman–Crippen MR) is 56.6 cm³/mol. The molecule has 0 saturated heterocycles. The lowest BCUT2D eigenvalue weighted by atomic mass is 10.1. The van der Waals surface area contributed by atoms with E-state index >= 15 is 0 Å². The molecule has 0 N–H and O–H groups in total. The maximum atomic E-state index is 11.6. The highest BCUT2D eigenvalue weighted by molar-refractivity contribution is 9.10. The predicted octanol–water partition coefficient (Wildman–Crippen LogP) is 3.09. The summed E-state index contributed by atoms with van der Waals surface area (Å²) >= 11 is 8.95. The highest BCUT2D eigenvalue weighted by Gasteiger charge is 2.14. The molecule has 0 fully saturated rings. The van der Waals surface area contributed by atoms with Gasteiger partial charge >= 0.3 is 0 Å². The van der Waals surface area contributed by atoms with Crippen LogP contribution in [0.1, 0.15) is 23.7 Å². The van der Waals surface area contributed by atoms with Crippen molar-refractivity contribution in [1.29, 1.82) is 0 Å². The quantitative estimate of drug-likeness (QED) is 0.476.